The first-order chi connectivity index (χ1) is 17.9. The van der Waals surface area contributed by atoms with E-state index >= 15 is 0 Å². The van der Waals surface area contributed by atoms with Crippen LogP contribution < -0.4 is 4.90 Å². The van der Waals surface area contributed by atoms with Crippen LogP contribution in [-0.2, 0) is 14.3 Å². The molecule has 0 unspecified atom stereocenters. The van der Waals surface area contributed by atoms with Gasteiger partial charge >= 0.3 is 0 Å². The minimum Gasteiger partial charge on any atom is -0.349 e. The standard InChI is InChI=1S/C30H18ClNO5/c31-21-14-6-5-13-20(21)25-23-24(30(37-25)26(33)18-11-3-4-12-19(18)27(30)34)29(36)32(28(23)35)22-15-7-9-16-8-1-2-10-17(16)22/h1-15,23-25H/t23-,24-,25+/m1/s1. The second kappa shape index (κ2) is 7.68. The van der Waals surface area contributed by atoms with Gasteiger partial charge in [-0.05, 0) is 17.5 Å². The molecule has 0 bridgehead atoms. The Balaban J connectivity index is 1.46. The SMILES string of the molecule is O=C1[C@H]2[C@H](c3ccccc3Cl)OC3(C(=O)c4ccccc4C3=O)[C@H]2C(=O)N1c1cccc2ccccc12. The Morgan fingerprint density at radius 2 is 1.32 bits per heavy atom. The normalized spacial score (nSPS) is 23.8. The van der Waals surface area contributed by atoms with Crippen molar-refractivity contribution in [3.8, 4) is 0 Å². The summed E-state index contributed by atoms with van der Waals surface area (Å²) >= 11 is 6.51. The number of nitrogens with zero attached hydrogens (tertiary/aromatic N) is 1. The van der Waals surface area contributed by atoms with Crippen LogP contribution in [0, 0.1) is 11.8 Å². The van der Waals surface area contributed by atoms with Crippen LogP contribution in [0.2, 0.25) is 5.02 Å². The number of hydrogen-bond donors (Lipinski definition) is 0. The van der Waals surface area contributed by atoms with E-state index in [0.29, 0.717) is 21.7 Å². The molecule has 4 aromatic carbocycles. The van der Waals surface area contributed by atoms with Crippen molar-refractivity contribution in [1.29, 1.82) is 0 Å². The zero-order chi connectivity index (χ0) is 25.5. The smallest absolute Gasteiger partial charge is 0.241 e. The van der Waals surface area contributed by atoms with E-state index in [9.17, 15) is 19.2 Å². The summed E-state index contributed by atoms with van der Waals surface area (Å²) in [6.45, 7) is 0. The third kappa shape index (κ3) is 2.74. The van der Waals surface area contributed by atoms with Gasteiger partial charge in [-0.25, -0.2) is 4.90 Å². The molecule has 37 heavy (non-hydrogen) atoms. The van der Waals surface area contributed by atoms with Gasteiger partial charge in [-0.3, -0.25) is 19.2 Å². The zero-order valence-corrected chi connectivity index (χ0v) is 20.0. The van der Waals surface area contributed by atoms with E-state index < -0.39 is 46.9 Å². The van der Waals surface area contributed by atoms with Gasteiger partial charge in [0.1, 0.15) is 0 Å². The van der Waals surface area contributed by atoms with Crippen molar-refractivity contribution in [2.45, 2.75) is 11.7 Å². The van der Waals surface area contributed by atoms with Gasteiger partial charge in [-0.15, -0.1) is 0 Å². The van der Waals surface area contributed by atoms with Crippen LogP contribution in [0.5, 0.6) is 0 Å². The number of carbonyl (C=O) groups excluding carboxylic acids is 4. The fraction of sp³-hybridized carbons (Fsp3) is 0.133. The van der Waals surface area contributed by atoms with Crippen LogP contribution >= 0.6 is 11.6 Å². The first kappa shape index (κ1) is 22.1. The lowest BCUT2D eigenvalue weighted by Crippen LogP contribution is -2.51. The van der Waals surface area contributed by atoms with E-state index in [-0.39, 0.29) is 11.1 Å². The molecule has 2 amide bonds. The summed E-state index contributed by atoms with van der Waals surface area (Å²) in [5.74, 6) is -4.78. The molecule has 3 atom stereocenters. The van der Waals surface area contributed by atoms with Crippen molar-refractivity contribution in [1.82, 2.24) is 0 Å². The van der Waals surface area contributed by atoms with Gasteiger partial charge in [0.15, 0.2) is 0 Å². The Morgan fingerprint density at radius 1 is 0.703 bits per heavy atom. The molecule has 180 valence electrons. The van der Waals surface area contributed by atoms with Crippen molar-refractivity contribution in [3.05, 3.63) is 113 Å². The lowest BCUT2D eigenvalue weighted by Gasteiger charge is -2.27. The van der Waals surface area contributed by atoms with Crippen molar-refractivity contribution in [2.24, 2.45) is 11.8 Å². The molecule has 0 aromatic heterocycles. The maximum atomic E-state index is 14.2. The molecule has 7 rings (SSSR count). The largest absolute Gasteiger partial charge is 0.349 e. The Kier molecular flexibility index (Phi) is 4.59. The summed E-state index contributed by atoms with van der Waals surface area (Å²) in [5.41, 5.74) is -0.895. The summed E-state index contributed by atoms with van der Waals surface area (Å²) in [4.78, 5) is 57.2. The molecule has 0 N–H and O–H groups in total. The molecule has 1 spiro atoms. The van der Waals surface area contributed by atoms with Crippen molar-refractivity contribution in [3.63, 3.8) is 0 Å². The molecular formula is C30H18ClNO5. The van der Waals surface area contributed by atoms with Crippen LogP contribution in [0.15, 0.2) is 91.0 Å². The van der Waals surface area contributed by atoms with Crippen LogP contribution in [0.1, 0.15) is 32.4 Å². The highest BCUT2D eigenvalue weighted by Gasteiger charge is 2.75. The first-order valence-electron chi connectivity index (χ1n) is 11.9. The number of benzene rings is 4. The number of halogens is 1. The highest BCUT2D eigenvalue weighted by Crippen LogP contribution is 2.58. The second-order valence-corrected chi connectivity index (χ2v) is 9.92. The van der Waals surface area contributed by atoms with Gasteiger partial charge in [0.2, 0.25) is 29.0 Å². The van der Waals surface area contributed by atoms with Crippen LogP contribution in [0.25, 0.3) is 10.8 Å². The monoisotopic (exact) mass is 507 g/mol. The summed E-state index contributed by atoms with van der Waals surface area (Å²) in [6, 6.07) is 26.0. The number of amides is 2. The molecule has 1 aliphatic carbocycles. The van der Waals surface area contributed by atoms with Crippen molar-refractivity contribution >= 4 is 51.4 Å². The topological polar surface area (TPSA) is 80.8 Å². The Morgan fingerprint density at radius 3 is 2.05 bits per heavy atom. The molecule has 2 heterocycles. The molecule has 4 aromatic rings. The van der Waals surface area contributed by atoms with E-state index in [2.05, 4.69) is 0 Å². The number of ketones is 2. The number of carbonyl (C=O) groups is 4. The van der Waals surface area contributed by atoms with Crippen LogP contribution in [-0.4, -0.2) is 29.0 Å². The zero-order valence-electron chi connectivity index (χ0n) is 19.3. The maximum Gasteiger partial charge on any atom is 0.241 e. The molecular weight excluding hydrogens is 490 g/mol. The molecule has 2 fully saturated rings. The number of fused-ring (bicyclic) bond motifs is 4. The molecule has 2 saturated heterocycles. The van der Waals surface area contributed by atoms with E-state index in [1.165, 1.54) is 0 Å². The summed E-state index contributed by atoms with van der Waals surface area (Å²) < 4.78 is 6.31. The van der Waals surface area contributed by atoms with Crippen molar-refractivity contribution < 1.29 is 23.9 Å². The average molecular weight is 508 g/mol. The van der Waals surface area contributed by atoms with Crippen LogP contribution in [0.4, 0.5) is 5.69 Å². The maximum absolute atomic E-state index is 14.2. The van der Waals surface area contributed by atoms with Crippen molar-refractivity contribution in [2.75, 3.05) is 4.90 Å². The van der Waals surface area contributed by atoms with Gasteiger partial charge in [0.05, 0.1) is 23.6 Å². The van der Waals surface area contributed by atoms with Gasteiger partial charge in [0.25, 0.3) is 0 Å². The summed E-state index contributed by atoms with van der Waals surface area (Å²) in [7, 11) is 0. The van der Waals surface area contributed by atoms with Gasteiger partial charge in [-0.2, -0.15) is 0 Å². The Bertz CT molecular complexity index is 1650. The minimum atomic E-state index is -2.13. The number of ether oxygens (including phenoxy) is 1. The molecule has 3 aliphatic rings. The van der Waals surface area contributed by atoms with E-state index in [1.54, 1.807) is 60.7 Å². The van der Waals surface area contributed by atoms with Crippen LogP contribution in [0.3, 0.4) is 0 Å². The lowest BCUT2D eigenvalue weighted by molar-refractivity contribution is -0.127. The molecule has 2 aliphatic heterocycles. The minimum absolute atomic E-state index is 0.190. The second-order valence-electron chi connectivity index (χ2n) is 9.51. The highest BCUT2D eigenvalue weighted by atomic mass is 35.5. The molecule has 0 saturated carbocycles. The van der Waals surface area contributed by atoms with E-state index in [0.717, 1.165) is 10.3 Å². The van der Waals surface area contributed by atoms with E-state index in [1.807, 2.05) is 30.3 Å². The lowest BCUT2D eigenvalue weighted by atomic mass is 9.77. The average Bonchev–Trinajstić information content (AvgIpc) is 3.48. The summed E-state index contributed by atoms with van der Waals surface area (Å²) in [6.07, 6.45) is -1.06. The van der Waals surface area contributed by atoms with E-state index in [4.69, 9.17) is 16.3 Å². The first-order valence-corrected chi connectivity index (χ1v) is 12.3. The predicted molar refractivity (Wildman–Crippen MR) is 137 cm³/mol. The fourth-order valence-electron chi connectivity index (χ4n) is 6.15. The number of imide groups is 1. The Hall–Kier alpha value is -4.13. The molecule has 7 heteroatoms. The Labute approximate surface area is 216 Å². The van der Waals surface area contributed by atoms with Gasteiger partial charge in [-0.1, -0.05) is 90.5 Å². The van der Waals surface area contributed by atoms with Gasteiger partial charge in [0, 0.05) is 27.1 Å². The molecule has 6 nitrogen and oxygen atoms in total. The highest BCUT2D eigenvalue weighted by molar-refractivity contribution is 6.37. The number of Topliss-reactive ketones (excluding diaryl/α,β-unsaturated/α-hetero) is 2. The third-order valence-corrected chi connectivity index (χ3v) is 8.08. The summed E-state index contributed by atoms with van der Waals surface area (Å²) in [5, 5.41) is 1.89. The van der Waals surface area contributed by atoms with Gasteiger partial charge < -0.3 is 4.74 Å². The third-order valence-electron chi connectivity index (χ3n) is 7.74. The number of rotatable bonds is 2. The number of anilines is 1. The fourth-order valence-corrected chi connectivity index (χ4v) is 6.39. The predicted octanol–water partition coefficient (Wildman–Crippen LogP) is 5.19. The number of hydrogen-bond acceptors (Lipinski definition) is 5. The molecule has 0 radical (unpaired) electrons. The quantitative estimate of drug-likeness (QED) is 0.275.